The molecule has 2 nitrogen and oxygen atoms in total. The lowest BCUT2D eigenvalue weighted by molar-refractivity contribution is 0.681. The van der Waals surface area contributed by atoms with E-state index < -0.39 is 10.8 Å². The molecule has 2 aromatic carbocycles. The van der Waals surface area contributed by atoms with Crippen molar-refractivity contribution in [1.29, 1.82) is 0 Å². The molecule has 0 saturated carbocycles. The van der Waals surface area contributed by atoms with Crippen molar-refractivity contribution >= 4 is 33.8 Å². The van der Waals surface area contributed by atoms with Crippen molar-refractivity contribution in [2.24, 2.45) is 0 Å². The number of para-hydroxylation sites is 2. The minimum absolute atomic E-state index is 0.537. The molecular weight excluding hydrogens is 266 g/mol. The van der Waals surface area contributed by atoms with Gasteiger partial charge >= 0.3 is 0 Å². The number of halogens is 1. The zero-order valence-corrected chi connectivity index (χ0v) is 11.2. The Bertz CT molecular complexity index is 565. The second-order valence-electron chi connectivity index (χ2n) is 4.04. The molecule has 4 heteroatoms. The molecule has 18 heavy (non-hydrogen) atoms. The van der Waals surface area contributed by atoms with Gasteiger partial charge in [-0.1, -0.05) is 24.3 Å². The third-order valence-corrected chi connectivity index (χ3v) is 4.68. The summed E-state index contributed by atoms with van der Waals surface area (Å²) in [6.45, 7) is 0.715. The van der Waals surface area contributed by atoms with Gasteiger partial charge < -0.3 is 4.90 Å². The molecule has 0 spiro atoms. The van der Waals surface area contributed by atoms with Gasteiger partial charge in [-0.2, -0.15) is 0 Å². The lowest BCUT2D eigenvalue weighted by Gasteiger charge is -2.32. The summed E-state index contributed by atoms with van der Waals surface area (Å²) < 4.78 is 12.5. The van der Waals surface area contributed by atoms with Crippen LogP contribution in [-0.2, 0) is 10.8 Å². The first-order valence-corrected chi connectivity index (χ1v) is 7.44. The van der Waals surface area contributed by atoms with E-state index in [1.807, 2.05) is 48.5 Å². The minimum atomic E-state index is -1.10. The molecule has 0 fully saturated rings. The number of alkyl halides is 1. The van der Waals surface area contributed by atoms with Crippen LogP contribution in [0.25, 0.3) is 0 Å². The molecule has 0 unspecified atom stereocenters. The molecule has 0 saturated heterocycles. The quantitative estimate of drug-likeness (QED) is 0.783. The van der Waals surface area contributed by atoms with E-state index in [1.165, 1.54) is 0 Å². The van der Waals surface area contributed by atoms with Crippen LogP contribution in [0.5, 0.6) is 0 Å². The standard InChI is InChI=1S/C14H12ClNOS/c15-9-10-16-11-5-1-3-7-13(11)18(17)14-8-4-2-6-12(14)16/h1-8H,9-10H2. The molecule has 0 amide bonds. The summed E-state index contributed by atoms with van der Waals surface area (Å²) >= 11 is 5.89. The molecule has 0 radical (unpaired) electrons. The maximum atomic E-state index is 12.5. The van der Waals surface area contributed by atoms with Crippen molar-refractivity contribution in [3.05, 3.63) is 48.5 Å². The highest BCUT2D eigenvalue weighted by molar-refractivity contribution is 7.85. The molecule has 0 N–H and O–H groups in total. The molecule has 2 aromatic rings. The van der Waals surface area contributed by atoms with Gasteiger partial charge in [-0.25, -0.2) is 4.21 Å². The summed E-state index contributed by atoms with van der Waals surface area (Å²) in [5.74, 6) is 0.537. The average molecular weight is 278 g/mol. The number of rotatable bonds is 2. The average Bonchev–Trinajstić information content (AvgIpc) is 2.43. The molecule has 0 bridgehead atoms. The zero-order chi connectivity index (χ0) is 12.5. The first kappa shape index (κ1) is 11.8. The normalized spacial score (nSPS) is 14.2. The summed E-state index contributed by atoms with van der Waals surface area (Å²) in [6, 6.07) is 15.6. The smallest absolute Gasteiger partial charge is 0.0892 e. The van der Waals surface area contributed by atoms with E-state index in [4.69, 9.17) is 11.6 Å². The Balaban J connectivity index is 2.23. The summed E-state index contributed by atoms with van der Waals surface area (Å²) in [4.78, 5) is 3.86. The van der Waals surface area contributed by atoms with Crippen molar-refractivity contribution in [2.45, 2.75) is 9.79 Å². The maximum absolute atomic E-state index is 12.5. The van der Waals surface area contributed by atoms with E-state index in [1.54, 1.807) is 0 Å². The molecule has 0 atom stereocenters. The first-order valence-electron chi connectivity index (χ1n) is 5.76. The monoisotopic (exact) mass is 277 g/mol. The Labute approximate surface area is 114 Å². The zero-order valence-electron chi connectivity index (χ0n) is 9.67. The number of fused-ring (bicyclic) bond motifs is 2. The van der Waals surface area contributed by atoms with Crippen LogP contribution < -0.4 is 4.90 Å². The van der Waals surface area contributed by atoms with Crippen molar-refractivity contribution in [2.75, 3.05) is 17.3 Å². The topological polar surface area (TPSA) is 20.3 Å². The SMILES string of the molecule is O=S1c2ccccc2N(CCCl)c2ccccc21. The van der Waals surface area contributed by atoms with E-state index in [-0.39, 0.29) is 0 Å². The van der Waals surface area contributed by atoms with Crippen molar-refractivity contribution < 1.29 is 4.21 Å². The molecule has 0 aliphatic carbocycles. The molecule has 0 aromatic heterocycles. The Morgan fingerprint density at radius 1 is 0.944 bits per heavy atom. The largest absolute Gasteiger partial charge is 0.338 e. The van der Waals surface area contributed by atoms with Crippen LogP contribution in [-0.4, -0.2) is 16.6 Å². The van der Waals surface area contributed by atoms with Gasteiger partial charge in [0.1, 0.15) is 0 Å². The summed E-state index contributed by atoms with van der Waals surface area (Å²) in [6.07, 6.45) is 0. The first-order chi connectivity index (χ1) is 8.83. The Morgan fingerprint density at radius 3 is 1.94 bits per heavy atom. The molecule has 1 aliphatic heterocycles. The number of nitrogens with zero attached hydrogens (tertiary/aromatic N) is 1. The highest BCUT2D eigenvalue weighted by Gasteiger charge is 2.26. The number of benzene rings is 2. The molecule has 1 aliphatic rings. The minimum Gasteiger partial charge on any atom is -0.338 e. The Hall–Kier alpha value is -1.32. The van der Waals surface area contributed by atoms with Gasteiger partial charge in [0.25, 0.3) is 0 Å². The maximum Gasteiger partial charge on any atom is 0.0892 e. The van der Waals surface area contributed by atoms with Crippen LogP contribution in [0, 0.1) is 0 Å². The fraction of sp³-hybridized carbons (Fsp3) is 0.143. The van der Waals surface area contributed by atoms with Gasteiger partial charge in [0.15, 0.2) is 0 Å². The van der Waals surface area contributed by atoms with E-state index in [9.17, 15) is 4.21 Å². The summed E-state index contributed by atoms with van der Waals surface area (Å²) in [5, 5.41) is 0. The summed E-state index contributed by atoms with van der Waals surface area (Å²) in [7, 11) is -1.10. The molecule has 92 valence electrons. The lowest BCUT2D eigenvalue weighted by atomic mass is 10.2. The van der Waals surface area contributed by atoms with Gasteiger partial charge in [0.05, 0.1) is 32.0 Å². The van der Waals surface area contributed by atoms with Crippen molar-refractivity contribution in [1.82, 2.24) is 0 Å². The van der Waals surface area contributed by atoms with E-state index in [0.29, 0.717) is 12.4 Å². The van der Waals surface area contributed by atoms with Gasteiger partial charge in [0.2, 0.25) is 0 Å². The molecule has 3 rings (SSSR count). The van der Waals surface area contributed by atoms with Crippen LogP contribution >= 0.6 is 11.6 Å². The van der Waals surface area contributed by atoms with E-state index >= 15 is 0 Å². The van der Waals surface area contributed by atoms with Crippen molar-refractivity contribution in [3.63, 3.8) is 0 Å². The lowest BCUT2D eigenvalue weighted by Crippen LogP contribution is -2.25. The van der Waals surface area contributed by atoms with Crippen molar-refractivity contribution in [3.8, 4) is 0 Å². The van der Waals surface area contributed by atoms with E-state index in [0.717, 1.165) is 21.2 Å². The van der Waals surface area contributed by atoms with Crippen LogP contribution in [0.2, 0.25) is 0 Å². The predicted molar refractivity (Wildman–Crippen MR) is 75.3 cm³/mol. The van der Waals surface area contributed by atoms with Crippen LogP contribution in [0.15, 0.2) is 58.3 Å². The third-order valence-electron chi connectivity index (χ3n) is 3.02. The Kier molecular flexibility index (Phi) is 3.10. The predicted octanol–water partition coefficient (Wildman–Crippen LogP) is 3.54. The van der Waals surface area contributed by atoms with Crippen LogP contribution in [0.1, 0.15) is 0 Å². The van der Waals surface area contributed by atoms with Crippen LogP contribution in [0.4, 0.5) is 11.4 Å². The number of anilines is 2. The highest BCUT2D eigenvalue weighted by atomic mass is 35.5. The molecular formula is C14H12ClNOS. The second-order valence-corrected chi connectivity index (χ2v) is 5.84. The number of hydrogen-bond acceptors (Lipinski definition) is 2. The van der Waals surface area contributed by atoms with E-state index in [2.05, 4.69) is 4.90 Å². The Morgan fingerprint density at radius 2 is 1.44 bits per heavy atom. The number of hydrogen-bond donors (Lipinski definition) is 0. The van der Waals surface area contributed by atoms with Gasteiger partial charge in [-0.15, -0.1) is 11.6 Å². The second kappa shape index (κ2) is 4.75. The van der Waals surface area contributed by atoms with Gasteiger partial charge in [0, 0.05) is 12.4 Å². The summed E-state index contributed by atoms with van der Waals surface area (Å²) in [5.41, 5.74) is 1.99. The van der Waals surface area contributed by atoms with Gasteiger partial charge in [-0.05, 0) is 24.3 Å². The highest BCUT2D eigenvalue weighted by Crippen LogP contribution is 2.41. The fourth-order valence-electron chi connectivity index (χ4n) is 2.25. The third kappa shape index (κ3) is 1.74. The fourth-order valence-corrected chi connectivity index (χ4v) is 3.79. The van der Waals surface area contributed by atoms with Crippen LogP contribution in [0.3, 0.4) is 0 Å². The molecule has 1 heterocycles. The van der Waals surface area contributed by atoms with Gasteiger partial charge in [-0.3, -0.25) is 0 Å².